The van der Waals surface area contributed by atoms with Crippen LogP contribution < -0.4 is 4.90 Å². The molecule has 2 aromatic carbocycles. The highest BCUT2D eigenvalue weighted by Crippen LogP contribution is 2.19. The van der Waals surface area contributed by atoms with E-state index in [1.165, 1.54) is 21.3 Å². The van der Waals surface area contributed by atoms with Crippen molar-refractivity contribution in [3.8, 4) is 0 Å². The minimum Gasteiger partial charge on any atom is -0.311 e. The lowest BCUT2D eigenvalue weighted by atomic mass is 10.2. The van der Waals surface area contributed by atoms with Gasteiger partial charge in [0, 0.05) is 31.9 Å². The van der Waals surface area contributed by atoms with E-state index < -0.39 is 10.0 Å². The lowest BCUT2D eigenvalue weighted by Gasteiger charge is -2.19. The number of anilines is 1. The number of sulfonamides is 1. The Morgan fingerprint density at radius 3 is 2.32 bits per heavy atom. The monoisotopic (exact) mass is 360 g/mol. The molecule has 0 N–H and O–H groups in total. The number of para-hydroxylation sites is 1. The van der Waals surface area contributed by atoms with Gasteiger partial charge in [-0.3, -0.25) is 4.79 Å². The number of benzene rings is 2. The normalized spacial score (nSPS) is 11.5. The van der Waals surface area contributed by atoms with Gasteiger partial charge in [-0.05, 0) is 36.8 Å². The highest BCUT2D eigenvalue weighted by molar-refractivity contribution is 7.89. The fourth-order valence-corrected chi connectivity index (χ4v) is 3.69. The molecular formula is C19H24N2O3S. The van der Waals surface area contributed by atoms with Crippen LogP contribution in [0.2, 0.25) is 0 Å². The summed E-state index contributed by atoms with van der Waals surface area (Å²) in [5, 5.41) is 0. The number of hydrogen-bond acceptors (Lipinski definition) is 3. The maximum absolute atomic E-state index is 12.7. The van der Waals surface area contributed by atoms with Crippen molar-refractivity contribution < 1.29 is 13.2 Å². The zero-order valence-corrected chi connectivity index (χ0v) is 15.7. The lowest BCUT2D eigenvalue weighted by molar-refractivity contribution is 0.0993. The van der Waals surface area contributed by atoms with Crippen molar-refractivity contribution in [2.45, 2.75) is 24.7 Å². The standard InChI is InChI=1S/C19H24N2O3S/c1-4-5-14-20(2)25(23,24)18-13-9-10-16(15-18)19(22)21(3)17-11-7-6-8-12-17/h6-13,15H,4-5,14H2,1-3H3. The highest BCUT2D eigenvalue weighted by atomic mass is 32.2. The van der Waals surface area contributed by atoms with Crippen molar-refractivity contribution in [3.63, 3.8) is 0 Å². The minimum atomic E-state index is -3.59. The van der Waals surface area contributed by atoms with E-state index in [2.05, 4.69) is 0 Å². The Labute approximate surface area is 149 Å². The molecule has 2 rings (SSSR count). The zero-order chi connectivity index (χ0) is 18.4. The molecule has 6 heteroatoms. The molecule has 25 heavy (non-hydrogen) atoms. The van der Waals surface area contributed by atoms with Crippen molar-refractivity contribution in [3.05, 3.63) is 60.2 Å². The summed E-state index contributed by atoms with van der Waals surface area (Å²) < 4.78 is 26.6. The van der Waals surface area contributed by atoms with E-state index in [9.17, 15) is 13.2 Å². The van der Waals surface area contributed by atoms with Gasteiger partial charge in [-0.1, -0.05) is 37.6 Å². The van der Waals surface area contributed by atoms with E-state index in [0.29, 0.717) is 12.1 Å². The molecule has 0 saturated heterocycles. The second-order valence-corrected chi connectivity index (χ2v) is 7.95. The van der Waals surface area contributed by atoms with E-state index in [1.54, 1.807) is 26.2 Å². The SMILES string of the molecule is CCCCN(C)S(=O)(=O)c1cccc(C(=O)N(C)c2ccccc2)c1. The van der Waals surface area contributed by atoms with Crippen LogP contribution in [0, 0.1) is 0 Å². The Morgan fingerprint density at radius 2 is 1.68 bits per heavy atom. The summed E-state index contributed by atoms with van der Waals surface area (Å²) in [5.74, 6) is -0.250. The molecule has 0 bridgehead atoms. The molecule has 2 aromatic rings. The summed E-state index contributed by atoms with van der Waals surface area (Å²) in [6, 6.07) is 15.4. The molecule has 0 atom stereocenters. The average Bonchev–Trinajstić information content (AvgIpc) is 2.65. The van der Waals surface area contributed by atoms with Crippen molar-refractivity contribution >= 4 is 21.6 Å². The Kier molecular flexibility index (Phi) is 6.33. The first-order chi connectivity index (χ1) is 11.9. The van der Waals surface area contributed by atoms with E-state index in [0.717, 1.165) is 18.5 Å². The smallest absolute Gasteiger partial charge is 0.258 e. The summed E-state index contributed by atoms with van der Waals surface area (Å²) in [5.41, 5.74) is 1.09. The lowest BCUT2D eigenvalue weighted by Crippen LogP contribution is -2.29. The summed E-state index contributed by atoms with van der Waals surface area (Å²) in [6.45, 7) is 2.47. The van der Waals surface area contributed by atoms with Crippen molar-refractivity contribution in [1.29, 1.82) is 0 Å². The number of rotatable bonds is 7. The summed E-state index contributed by atoms with van der Waals surface area (Å²) in [4.78, 5) is 14.3. The molecule has 1 amide bonds. The van der Waals surface area contributed by atoms with Gasteiger partial charge < -0.3 is 4.90 Å². The largest absolute Gasteiger partial charge is 0.311 e. The second kappa shape index (κ2) is 8.27. The van der Waals surface area contributed by atoms with Crippen LogP contribution >= 0.6 is 0 Å². The topological polar surface area (TPSA) is 57.7 Å². The molecule has 0 unspecified atom stereocenters. The highest BCUT2D eigenvalue weighted by Gasteiger charge is 2.22. The summed E-state index contributed by atoms with van der Waals surface area (Å²) in [7, 11) is -0.357. The molecule has 5 nitrogen and oxygen atoms in total. The first-order valence-corrected chi connectivity index (χ1v) is 9.71. The molecule has 0 fully saturated rings. The average molecular weight is 360 g/mol. The molecule has 0 radical (unpaired) electrons. The number of nitrogens with zero attached hydrogens (tertiary/aromatic N) is 2. The molecule has 0 aliphatic carbocycles. The minimum absolute atomic E-state index is 0.137. The zero-order valence-electron chi connectivity index (χ0n) is 14.8. The van der Waals surface area contributed by atoms with E-state index in [-0.39, 0.29) is 10.8 Å². The Hall–Kier alpha value is -2.18. The van der Waals surface area contributed by atoms with Crippen LogP contribution in [0.5, 0.6) is 0 Å². The van der Waals surface area contributed by atoms with E-state index in [1.807, 2.05) is 37.3 Å². The van der Waals surface area contributed by atoms with Gasteiger partial charge in [0.1, 0.15) is 0 Å². The van der Waals surface area contributed by atoms with Gasteiger partial charge in [0.2, 0.25) is 10.0 Å². The Balaban J connectivity index is 2.28. The molecule has 0 saturated carbocycles. The molecule has 134 valence electrons. The quantitative estimate of drug-likeness (QED) is 0.760. The molecule has 0 aromatic heterocycles. The van der Waals surface area contributed by atoms with E-state index >= 15 is 0 Å². The van der Waals surface area contributed by atoms with Gasteiger partial charge in [0.25, 0.3) is 5.91 Å². The molecule has 0 aliphatic rings. The van der Waals surface area contributed by atoms with Crippen LogP contribution in [0.15, 0.2) is 59.5 Å². The van der Waals surface area contributed by atoms with Crippen LogP contribution in [0.3, 0.4) is 0 Å². The Bertz CT molecular complexity index is 820. The third-order valence-electron chi connectivity index (χ3n) is 4.06. The van der Waals surface area contributed by atoms with Gasteiger partial charge in [-0.15, -0.1) is 0 Å². The first kappa shape index (κ1) is 19.1. The number of unbranched alkanes of at least 4 members (excludes halogenated alkanes) is 1. The molecule has 0 heterocycles. The van der Waals surface area contributed by atoms with Crippen molar-refractivity contribution in [1.82, 2.24) is 4.31 Å². The molecule has 0 aliphatic heterocycles. The van der Waals surface area contributed by atoms with Gasteiger partial charge >= 0.3 is 0 Å². The number of carbonyl (C=O) groups is 1. The third kappa shape index (κ3) is 4.46. The number of amides is 1. The van der Waals surface area contributed by atoms with Crippen LogP contribution in [0.4, 0.5) is 5.69 Å². The number of carbonyl (C=O) groups excluding carboxylic acids is 1. The van der Waals surface area contributed by atoms with Gasteiger partial charge in [-0.25, -0.2) is 12.7 Å². The van der Waals surface area contributed by atoms with Crippen LogP contribution in [-0.4, -0.2) is 39.3 Å². The number of hydrogen-bond donors (Lipinski definition) is 0. The predicted octanol–water partition coefficient (Wildman–Crippen LogP) is 3.38. The van der Waals surface area contributed by atoms with Gasteiger partial charge in [-0.2, -0.15) is 0 Å². The first-order valence-electron chi connectivity index (χ1n) is 8.27. The molecule has 0 spiro atoms. The summed E-state index contributed by atoms with van der Waals surface area (Å²) >= 11 is 0. The Morgan fingerprint density at radius 1 is 1.00 bits per heavy atom. The van der Waals surface area contributed by atoms with Gasteiger partial charge in [0.05, 0.1) is 4.90 Å². The fourth-order valence-electron chi connectivity index (χ4n) is 2.43. The molecular weight excluding hydrogens is 336 g/mol. The van der Waals surface area contributed by atoms with Crippen molar-refractivity contribution in [2.24, 2.45) is 0 Å². The second-order valence-electron chi connectivity index (χ2n) is 5.91. The maximum Gasteiger partial charge on any atom is 0.258 e. The third-order valence-corrected chi connectivity index (χ3v) is 5.92. The van der Waals surface area contributed by atoms with E-state index in [4.69, 9.17) is 0 Å². The fraction of sp³-hybridized carbons (Fsp3) is 0.316. The van der Waals surface area contributed by atoms with Crippen molar-refractivity contribution in [2.75, 3.05) is 25.5 Å². The predicted molar refractivity (Wildman–Crippen MR) is 100 cm³/mol. The summed E-state index contributed by atoms with van der Waals surface area (Å²) in [6.07, 6.45) is 1.71. The van der Waals surface area contributed by atoms with Crippen LogP contribution in [-0.2, 0) is 10.0 Å². The van der Waals surface area contributed by atoms with Crippen LogP contribution in [0.25, 0.3) is 0 Å². The van der Waals surface area contributed by atoms with Crippen LogP contribution in [0.1, 0.15) is 30.1 Å². The van der Waals surface area contributed by atoms with Gasteiger partial charge in [0.15, 0.2) is 0 Å². The maximum atomic E-state index is 12.7.